The van der Waals surface area contributed by atoms with Crippen LogP contribution in [-0.2, 0) is 9.47 Å². The topological polar surface area (TPSA) is 52.6 Å². The smallest absolute Gasteiger partial charge is 0.338 e. The second-order valence-corrected chi connectivity index (χ2v) is 8.51. The van der Waals surface area contributed by atoms with Crippen LogP contribution in [0.4, 0.5) is 0 Å². The number of hydrogen-bond donors (Lipinski definition) is 0. The zero-order valence-corrected chi connectivity index (χ0v) is 20.3. The van der Waals surface area contributed by atoms with E-state index in [1.54, 1.807) is 26.0 Å². The van der Waals surface area contributed by atoms with Crippen LogP contribution in [0.25, 0.3) is 43.8 Å². The molecule has 0 aliphatic carbocycles. The van der Waals surface area contributed by atoms with Crippen LogP contribution < -0.4 is 0 Å². The highest BCUT2D eigenvalue weighted by molar-refractivity contribution is 6.06. The summed E-state index contributed by atoms with van der Waals surface area (Å²) in [6.45, 7) is 4.07. The molecular weight excluding hydrogens is 448 g/mol. The largest absolute Gasteiger partial charge is 0.462 e. The molecule has 4 heteroatoms. The van der Waals surface area contributed by atoms with Crippen molar-refractivity contribution in [1.29, 1.82) is 0 Å². The van der Waals surface area contributed by atoms with Gasteiger partial charge in [-0.05, 0) is 81.9 Å². The summed E-state index contributed by atoms with van der Waals surface area (Å²) in [5, 5.41) is 4.27. The van der Waals surface area contributed by atoms with E-state index in [1.165, 1.54) is 0 Å². The van der Waals surface area contributed by atoms with Crippen molar-refractivity contribution in [3.63, 3.8) is 0 Å². The number of carbonyl (C=O) groups excluding carboxylic acids is 2. The molecule has 5 aromatic carbocycles. The molecule has 178 valence electrons. The van der Waals surface area contributed by atoms with Crippen molar-refractivity contribution in [3.8, 4) is 22.3 Å². The molecule has 0 aliphatic rings. The Bertz CT molecular complexity index is 1480. The van der Waals surface area contributed by atoms with Crippen LogP contribution in [0.2, 0.25) is 0 Å². The first kappa shape index (κ1) is 23.3. The Kier molecular flexibility index (Phi) is 6.50. The normalized spacial score (nSPS) is 10.9. The molecule has 0 saturated carbocycles. The molecule has 5 aromatic rings. The summed E-state index contributed by atoms with van der Waals surface area (Å²) in [7, 11) is 0. The van der Waals surface area contributed by atoms with Crippen molar-refractivity contribution in [2.45, 2.75) is 13.8 Å². The van der Waals surface area contributed by atoms with Crippen LogP contribution in [0.5, 0.6) is 0 Å². The number of benzene rings is 5. The van der Waals surface area contributed by atoms with Gasteiger partial charge >= 0.3 is 11.9 Å². The number of fused-ring (bicyclic) bond motifs is 2. The summed E-state index contributed by atoms with van der Waals surface area (Å²) in [5.74, 6) is -0.865. The molecule has 0 fully saturated rings. The molecule has 0 unspecified atom stereocenters. The number of hydrogen-bond acceptors (Lipinski definition) is 4. The fourth-order valence-electron chi connectivity index (χ4n) is 4.55. The highest BCUT2D eigenvalue weighted by Crippen LogP contribution is 2.36. The Labute approximate surface area is 210 Å². The molecule has 0 heterocycles. The summed E-state index contributed by atoms with van der Waals surface area (Å²) in [4.78, 5) is 26.3. The van der Waals surface area contributed by atoms with Gasteiger partial charge in [-0.2, -0.15) is 0 Å². The van der Waals surface area contributed by atoms with Crippen molar-refractivity contribution < 1.29 is 19.1 Å². The molecule has 5 rings (SSSR count). The minimum absolute atomic E-state index is 0.251. The number of carbonyl (C=O) groups is 2. The van der Waals surface area contributed by atoms with E-state index in [0.29, 0.717) is 22.3 Å². The summed E-state index contributed by atoms with van der Waals surface area (Å²) in [6, 6.07) is 31.6. The Morgan fingerprint density at radius 1 is 0.528 bits per heavy atom. The number of ether oxygens (including phenoxy) is 2. The minimum Gasteiger partial charge on any atom is -0.462 e. The molecular formula is C32H26O4. The van der Waals surface area contributed by atoms with Crippen LogP contribution in [0.1, 0.15) is 34.6 Å². The monoisotopic (exact) mass is 474 g/mol. The van der Waals surface area contributed by atoms with Crippen molar-refractivity contribution in [2.75, 3.05) is 13.2 Å². The second kappa shape index (κ2) is 10.0. The molecule has 0 bridgehead atoms. The molecule has 0 amide bonds. The third-order valence-electron chi connectivity index (χ3n) is 6.27. The quantitative estimate of drug-likeness (QED) is 0.237. The summed E-state index contributed by atoms with van der Waals surface area (Å²) >= 11 is 0. The van der Waals surface area contributed by atoms with Crippen molar-refractivity contribution >= 4 is 33.5 Å². The summed E-state index contributed by atoms with van der Waals surface area (Å²) in [6.07, 6.45) is 0. The van der Waals surface area contributed by atoms with E-state index < -0.39 is 11.9 Å². The van der Waals surface area contributed by atoms with E-state index >= 15 is 0 Å². The van der Waals surface area contributed by atoms with E-state index in [0.717, 1.165) is 32.7 Å². The van der Waals surface area contributed by atoms with Gasteiger partial charge in [-0.3, -0.25) is 0 Å². The first-order valence-corrected chi connectivity index (χ1v) is 12.1. The Morgan fingerprint density at radius 2 is 0.917 bits per heavy atom. The van der Waals surface area contributed by atoms with Crippen molar-refractivity contribution in [1.82, 2.24) is 0 Å². The first-order valence-electron chi connectivity index (χ1n) is 12.1. The van der Waals surface area contributed by atoms with Crippen LogP contribution in [-0.4, -0.2) is 25.2 Å². The highest BCUT2D eigenvalue weighted by atomic mass is 16.5. The molecule has 0 aliphatic heterocycles. The van der Waals surface area contributed by atoms with Crippen LogP contribution in [0.15, 0.2) is 97.1 Å². The molecule has 0 atom stereocenters. The Balaban J connectivity index is 1.77. The first-order chi connectivity index (χ1) is 17.6. The molecule has 0 spiro atoms. The van der Waals surface area contributed by atoms with Crippen LogP contribution in [0, 0.1) is 0 Å². The van der Waals surface area contributed by atoms with Gasteiger partial charge in [0.2, 0.25) is 0 Å². The second-order valence-electron chi connectivity index (χ2n) is 8.51. The predicted molar refractivity (Wildman–Crippen MR) is 144 cm³/mol. The molecule has 4 nitrogen and oxygen atoms in total. The van der Waals surface area contributed by atoms with E-state index in [1.807, 2.05) is 84.9 Å². The molecule has 0 N–H and O–H groups in total. The average molecular weight is 475 g/mol. The number of rotatable bonds is 6. The average Bonchev–Trinajstić information content (AvgIpc) is 2.92. The Hall–Kier alpha value is -4.44. The molecule has 0 radical (unpaired) electrons. The van der Waals surface area contributed by atoms with Gasteiger partial charge in [0.1, 0.15) is 0 Å². The maximum absolute atomic E-state index is 13.2. The lowest BCUT2D eigenvalue weighted by atomic mass is 9.89. The van der Waals surface area contributed by atoms with Gasteiger partial charge in [-0.1, -0.05) is 72.8 Å². The fourth-order valence-corrected chi connectivity index (χ4v) is 4.55. The SMILES string of the molecule is CCOC(=O)c1cc(-c2ccc3ccccc3c2)c(C(=O)OCC)cc1-c1ccc2ccccc2c1. The van der Waals surface area contributed by atoms with Gasteiger partial charge in [0.25, 0.3) is 0 Å². The molecule has 0 saturated heterocycles. The van der Waals surface area contributed by atoms with E-state index in [-0.39, 0.29) is 13.2 Å². The maximum Gasteiger partial charge on any atom is 0.338 e. The minimum atomic E-state index is -0.432. The molecule has 0 aromatic heterocycles. The van der Waals surface area contributed by atoms with E-state index in [4.69, 9.17) is 9.47 Å². The van der Waals surface area contributed by atoms with Crippen molar-refractivity contribution in [3.05, 3.63) is 108 Å². The maximum atomic E-state index is 13.2. The van der Waals surface area contributed by atoms with Gasteiger partial charge in [-0.15, -0.1) is 0 Å². The van der Waals surface area contributed by atoms with Gasteiger partial charge in [0.15, 0.2) is 0 Å². The van der Waals surface area contributed by atoms with Crippen molar-refractivity contribution in [2.24, 2.45) is 0 Å². The van der Waals surface area contributed by atoms with Gasteiger partial charge < -0.3 is 9.47 Å². The van der Waals surface area contributed by atoms with Crippen LogP contribution in [0.3, 0.4) is 0 Å². The zero-order chi connectivity index (χ0) is 25.1. The zero-order valence-electron chi connectivity index (χ0n) is 20.3. The third kappa shape index (κ3) is 4.46. The van der Waals surface area contributed by atoms with Gasteiger partial charge in [0, 0.05) is 0 Å². The fraction of sp³-hybridized carbons (Fsp3) is 0.125. The predicted octanol–water partition coefficient (Wildman–Crippen LogP) is 7.68. The lowest BCUT2D eigenvalue weighted by molar-refractivity contribution is 0.0513. The summed E-state index contributed by atoms with van der Waals surface area (Å²) in [5.41, 5.74) is 3.73. The lowest BCUT2D eigenvalue weighted by Crippen LogP contribution is -2.11. The standard InChI is InChI=1S/C32H26O4/c1-3-35-31(33)29-19-28(26-16-14-22-10-6-8-12-24(22)18-26)30(32(34)36-4-2)20-27(29)25-15-13-21-9-5-7-11-23(21)17-25/h5-20H,3-4H2,1-2H3. The number of esters is 2. The van der Waals surface area contributed by atoms with E-state index in [2.05, 4.69) is 0 Å². The lowest BCUT2D eigenvalue weighted by Gasteiger charge is -2.17. The van der Waals surface area contributed by atoms with E-state index in [9.17, 15) is 9.59 Å². The third-order valence-corrected chi connectivity index (χ3v) is 6.27. The van der Waals surface area contributed by atoms with Gasteiger partial charge in [0.05, 0.1) is 24.3 Å². The van der Waals surface area contributed by atoms with Gasteiger partial charge in [-0.25, -0.2) is 9.59 Å². The summed E-state index contributed by atoms with van der Waals surface area (Å²) < 4.78 is 10.9. The Morgan fingerprint density at radius 3 is 1.31 bits per heavy atom. The van der Waals surface area contributed by atoms with Crippen LogP contribution >= 0.6 is 0 Å². The molecule has 36 heavy (non-hydrogen) atoms. The highest BCUT2D eigenvalue weighted by Gasteiger charge is 2.23.